The third kappa shape index (κ3) is 2.28. The molecule has 0 aliphatic carbocycles. The number of halogens is 1. The first-order valence-electron chi connectivity index (χ1n) is 5.99. The molecule has 0 radical (unpaired) electrons. The number of nitrogens with zero attached hydrogens (tertiary/aromatic N) is 3. The van der Waals surface area contributed by atoms with E-state index in [1.807, 2.05) is 0 Å². The molecule has 100 valence electrons. The molecule has 2 N–H and O–H groups in total. The first-order chi connectivity index (χ1) is 9.75. The van der Waals surface area contributed by atoms with E-state index in [2.05, 4.69) is 20.2 Å². The molecule has 2 aromatic heterocycles. The van der Waals surface area contributed by atoms with Gasteiger partial charge in [-0.15, -0.1) is 0 Å². The van der Waals surface area contributed by atoms with Gasteiger partial charge in [-0.25, -0.2) is 4.39 Å². The molecule has 3 rings (SSSR count). The topological polar surface area (TPSA) is 74.7 Å². The minimum Gasteiger partial charge on any atom is -0.382 e. The second-order valence-electron chi connectivity index (χ2n) is 4.24. The van der Waals surface area contributed by atoms with Gasteiger partial charge in [0, 0.05) is 23.5 Å². The molecule has 3 aromatic rings. The molecule has 0 amide bonds. The largest absolute Gasteiger partial charge is 0.382 e. The maximum atomic E-state index is 13.0. The first-order valence-corrected chi connectivity index (χ1v) is 5.99. The lowest BCUT2D eigenvalue weighted by molar-refractivity contribution is 0.215. The molecule has 0 aliphatic heterocycles. The van der Waals surface area contributed by atoms with Crippen molar-refractivity contribution in [3.05, 3.63) is 66.1 Å². The van der Waals surface area contributed by atoms with E-state index in [0.717, 1.165) is 5.56 Å². The summed E-state index contributed by atoms with van der Waals surface area (Å²) in [6.07, 6.45) is 5.12. The molecule has 5 nitrogen and oxygen atoms in total. The molecule has 1 unspecified atom stereocenters. The van der Waals surface area contributed by atoms with E-state index in [1.165, 1.54) is 36.9 Å². The summed E-state index contributed by atoms with van der Waals surface area (Å²) in [4.78, 5) is 8.00. The van der Waals surface area contributed by atoms with Crippen LogP contribution in [0.3, 0.4) is 0 Å². The van der Waals surface area contributed by atoms with E-state index >= 15 is 0 Å². The lowest BCUT2D eigenvalue weighted by atomic mass is 10.0. The van der Waals surface area contributed by atoms with Gasteiger partial charge in [0.05, 0.1) is 23.8 Å². The lowest BCUT2D eigenvalue weighted by Gasteiger charge is -2.10. The SMILES string of the molecule is OC(c1cnccn1)c1cn[nH]c1-c1ccc(F)cc1. The highest BCUT2D eigenvalue weighted by Gasteiger charge is 2.18. The number of aromatic amines is 1. The summed E-state index contributed by atoms with van der Waals surface area (Å²) in [6, 6.07) is 5.95. The number of aromatic nitrogens is 4. The monoisotopic (exact) mass is 270 g/mol. The number of aliphatic hydroxyl groups is 1. The summed E-state index contributed by atoms with van der Waals surface area (Å²) in [5.74, 6) is -0.315. The third-order valence-corrected chi connectivity index (χ3v) is 2.96. The number of nitrogens with one attached hydrogen (secondary N) is 1. The fourth-order valence-corrected chi connectivity index (χ4v) is 1.96. The van der Waals surface area contributed by atoms with Crippen LogP contribution < -0.4 is 0 Å². The van der Waals surface area contributed by atoms with E-state index in [0.29, 0.717) is 17.0 Å². The fourth-order valence-electron chi connectivity index (χ4n) is 1.96. The zero-order valence-electron chi connectivity index (χ0n) is 10.4. The van der Waals surface area contributed by atoms with Crippen molar-refractivity contribution >= 4 is 0 Å². The predicted molar refractivity (Wildman–Crippen MR) is 70.1 cm³/mol. The summed E-state index contributed by atoms with van der Waals surface area (Å²) in [7, 11) is 0. The predicted octanol–water partition coefficient (Wildman–Crippen LogP) is 2.09. The van der Waals surface area contributed by atoms with Gasteiger partial charge in [0.15, 0.2) is 0 Å². The van der Waals surface area contributed by atoms with Crippen LogP contribution in [0, 0.1) is 5.82 Å². The van der Waals surface area contributed by atoms with Gasteiger partial charge >= 0.3 is 0 Å². The van der Waals surface area contributed by atoms with Crippen molar-refractivity contribution in [1.29, 1.82) is 0 Å². The number of benzene rings is 1. The van der Waals surface area contributed by atoms with E-state index in [9.17, 15) is 9.50 Å². The molecule has 6 heteroatoms. The zero-order valence-corrected chi connectivity index (χ0v) is 10.4. The minimum atomic E-state index is -0.942. The Balaban J connectivity index is 2.00. The van der Waals surface area contributed by atoms with Crippen molar-refractivity contribution in [2.75, 3.05) is 0 Å². The number of hydrogen-bond donors (Lipinski definition) is 2. The second kappa shape index (κ2) is 5.18. The van der Waals surface area contributed by atoms with Crippen LogP contribution in [0.15, 0.2) is 49.1 Å². The zero-order chi connectivity index (χ0) is 13.9. The van der Waals surface area contributed by atoms with Gasteiger partial charge in [-0.3, -0.25) is 15.1 Å². The molecule has 1 aromatic carbocycles. The average Bonchev–Trinajstić information content (AvgIpc) is 2.97. The van der Waals surface area contributed by atoms with Crippen LogP contribution in [0.5, 0.6) is 0 Å². The maximum absolute atomic E-state index is 13.0. The molecule has 0 aliphatic rings. The molecule has 2 heterocycles. The number of aliphatic hydroxyl groups excluding tert-OH is 1. The van der Waals surface area contributed by atoms with E-state index in [-0.39, 0.29) is 5.82 Å². The van der Waals surface area contributed by atoms with E-state index in [4.69, 9.17) is 0 Å². The Morgan fingerprint density at radius 2 is 1.90 bits per heavy atom. The Kier molecular flexibility index (Phi) is 3.22. The molecular formula is C14H11FN4O. The Hall–Kier alpha value is -2.60. The fraction of sp³-hybridized carbons (Fsp3) is 0.0714. The van der Waals surface area contributed by atoms with Crippen LogP contribution in [0.2, 0.25) is 0 Å². The van der Waals surface area contributed by atoms with Crippen molar-refractivity contribution in [2.45, 2.75) is 6.10 Å². The van der Waals surface area contributed by atoms with Crippen molar-refractivity contribution in [3.8, 4) is 11.3 Å². The Labute approximate surface area is 114 Å². The Bertz CT molecular complexity index is 697. The molecule has 0 spiro atoms. The van der Waals surface area contributed by atoms with E-state index in [1.54, 1.807) is 12.1 Å². The van der Waals surface area contributed by atoms with Gasteiger partial charge in [-0.2, -0.15) is 5.10 Å². The lowest BCUT2D eigenvalue weighted by Crippen LogP contribution is -2.03. The Morgan fingerprint density at radius 3 is 2.60 bits per heavy atom. The molecular weight excluding hydrogens is 259 g/mol. The molecule has 0 bridgehead atoms. The smallest absolute Gasteiger partial charge is 0.126 e. The van der Waals surface area contributed by atoms with E-state index < -0.39 is 6.10 Å². The van der Waals surface area contributed by atoms with Gasteiger partial charge < -0.3 is 5.11 Å². The van der Waals surface area contributed by atoms with Crippen LogP contribution >= 0.6 is 0 Å². The van der Waals surface area contributed by atoms with Crippen LogP contribution in [0.1, 0.15) is 17.4 Å². The van der Waals surface area contributed by atoms with Crippen LogP contribution in [-0.4, -0.2) is 25.3 Å². The van der Waals surface area contributed by atoms with Gasteiger partial charge in [0.1, 0.15) is 11.9 Å². The summed E-state index contributed by atoms with van der Waals surface area (Å²) in [5.41, 5.74) is 2.36. The summed E-state index contributed by atoms with van der Waals surface area (Å²) < 4.78 is 13.0. The summed E-state index contributed by atoms with van der Waals surface area (Å²) in [5, 5.41) is 17.1. The minimum absolute atomic E-state index is 0.315. The van der Waals surface area contributed by atoms with Crippen molar-refractivity contribution in [3.63, 3.8) is 0 Å². The van der Waals surface area contributed by atoms with Crippen LogP contribution in [0.4, 0.5) is 4.39 Å². The average molecular weight is 270 g/mol. The molecule has 20 heavy (non-hydrogen) atoms. The van der Waals surface area contributed by atoms with Gasteiger partial charge in [-0.05, 0) is 24.3 Å². The van der Waals surface area contributed by atoms with Crippen molar-refractivity contribution in [2.24, 2.45) is 0 Å². The number of H-pyrrole nitrogens is 1. The highest BCUT2D eigenvalue weighted by Crippen LogP contribution is 2.28. The highest BCUT2D eigenvalue weighted by molar-refractivity contribution is 5.63. The summed E-state index contributed by atoms with van der Waals surface area (Å²) >= 11 is 0. The third-order valence-electron chi connectivity index (χ3n) is 2.96. The summed E-state index contributed by atoms with van der Waals surface area (Å²) in [6.45, 7) is 0. The van der Waals surface area contributed by atoms with Crippen LogP contribution in [-0.2, 0) is 0 Å². The maximum Gasteiger partial charge on any atom is 0.126 e. The number of hydrogen-bond acceptors (Lipinski definition) is 4. The Morgan fingerprint density at radius 1 is 1.10 bits per heavy atom. The molecule has 0 saturated carbocycles. The molecule has 1 atom stereocenters. The standard InChI is InChI=1S/C14H11FN4O/c15-10-3-1-9(2-4-10)13-11(7-18-19-13)14(20)12-8-16-5-6-17-12/h1-8,14,20H,(H,18,19). The molecule has 0 fully saturated rings. The highest BCUT2D eigenvalue weighted by atomic mass is 19.1. The van der Waals surface area contributed by atoms with Gasteiger partial charge in [0.2, 0.25) is 0 Å². The normalized spacial score (nSPS) is 12.3. The van der Waals surface area contributed by atoms with Crippen LogP contribution in [0.25, 0.3) is 11.3 Å². The number of rotatable bonds is 3. The second-order valence-corrected chi connectivity index (χ2v) is 4.24. The quantitative estimate of drug-likeness (QED) is 0.764. The van der Waals surface area contributed by atoms with Crippen molar-refractivity contribution < 1.29 is 9.50 Å². The van der Waals surface area contributed by atoms with Gasteiger partial charge in [-0.1, -0.05) is 0 Å². The molecule has 0 saturated heterocycles. The van der Waals surface area contributed by atoms with Gasteiger partial charge in [0.25, 0.3) is 0 Å². The van der Waals surface area contributed by atoms with Crippen molar-refractivity contribution in [1.82, 2.24) is 20.2 Å². The first kappa shape index (κ1) is 12.4.